The highest BCUT2D eigenvalue weighted by atomic mass is 16.5. The lowest BCUT2D eigenvalue weighted by molar-refractivity contribution is -0.147. The van der Waals surface area contributed by atoms with E-state index in [0.29, 0.717) is 6.54 Å². The highest BCUT2D eigenvalue weighted by Gasteiger charge is 2.38. The fraction of sp³-hybridized carbons (Fsp3) is 0.857. The summed E-state index contributed by atoms with van der Waals surface area (Å²) in [4.78, 5) is 25.7. The van der Waals surface area contributed by atoms with Crippen LogP contribution in [0.3, 0.4) is 0 Å². The van der Waals surface area contributed by atoms with Crippen molar-refractivity contribution in [2.45, 2.75) is 58.3 Å². The van der Waals surface area contributed by atoms with Crippen molar-refractivity contribution in [3.8, 4) is 0 Å². The molecule has 1 N–H and O–H groups in total. The number of hydrogen-bond donors (Lipinski definition) is 1. The second-order valence-electron chi connectivity index (χ2n) is 6.55. The van der Waals surface area contributed by atoms with Gasteiger partial charge in [-0.25, -0.2) is 0 Å². The Morgan fingerprint density at radius 2 is 2.11 bits per heavy atom. The number of carbonyl (C=O) groups is 2. The van der Waals surface area contributed by atoms with Crippen molar-refractivity contribution in [1.29, 1.82) is 0 Å². The van der Waals surface area contributed by atoms with E-state index in [2.05, 4.69) is 19.2 Å². The molecule has 2 heterocycles. The molecule has 108 valence electrons. The summed E-state index contributed by atoms with van der Waals surface area (Å²) < 4.78 is 5.91. The maximum Gasteiger partial charge on any atom is 0.245 e. The first-order valence-electron chi connectivity index (χ1n) is 7.04. The number of nitrogens with zero attached hydrogens (tertiary/aromatic N) is 1. The third-order valence-corrected chi connectivity index (χ3v) is 3.87. The van der Waals surface area contributed by atoms with Crippen LogP contribution in [0.4, 0.5) is 0 Å². The Morgan fingerprint density at radius 3 is 2.63 bits per heavy atom. The van der Waals surface area contributed by atoms with Gasteiger partial charge in [-0.3, -0.25) is 9.59 Å². The van der Waals surface area contributed by atoms with Crippen molar-refractivity contribution < 1.29 is 14.3 Å². The van der Waals surface area contributed by atoms with Crippen molar-refractivity contribution in [2.75, 3.05) is 13.1 Å². The average Bonchev–Trinajstić information content (AvgIpc) is 2.62. The standard InChI is InChI=1S/C14H24N2O3/c1-9(2)12-13(18)16(8-11(17)15-12)7-10-5-6-14(3,4)19-10/h9-10,12H,5-8H2,1-4H3,(H,15,17). The van der Waals surface area contributed by atoms with Gasteiger partial charge in [0, 0.05) is 6.54 Å². The second-order valence-corrected chi connectivity index (χ2v) is 6.55. The van der Waals surface area contributed by atoms with Gasteiger partial charge in [0.25, 0.3) is 0 Å². The fourth-order valence-corrected chi connectivity index (χ4v) is 2.79. The Hall–Kier alpha value is -1.10. The molecule has 0 spiro atoms. The van der Waals surface area contributed by atoms with Gasteiger partial charge >= 0.3 is 0 Å². The molecule has 2 atom stereocenters. The molecule has 0 aromatic rings. The maximum atomic E-state index is 12.3. The molecule has 2 aliphatic heterocycles. The van der Waals surface area contributed by atoms with Gasteiger partial charge < -0.3 is 15.0 Å². The first kappa shape index (κ1) is 14.3. The molecular formula is C14H24N2O3. The molecule has 5 nitrogen and oxygen atoms in total. The third kappa shape index (κ3) is 3.26. The molecule has 2 unspecified atom stereocenters. The van der Waals surface area contributed by atoms with Crippen LogP contribution in [0.15, 0.2) is 0 Å². The third-order valence-electron chi connectivity index (χ3n) is 3.87. The predicted molar refractivity (Wildman–Crippen MR) is 71.5 cm³/mol. The van der Waals surface area contributed by atoms with E-state index in [1.165, 1.54) is 0 Å². The summed E-state index contributed by atoms with van der Waals surface area (Å²) in [6.07, 6.45) is 2.00. The van der Waals surface area contributed by atoms with Gasteiger partial charge in [0.1, 0.15) is 6.04 Å². The highest BCUT2D eigenvalue weighted by molar-refractivity contribution is 5.95. The van der Waals surface area contributed by atoms with Gasteiger partial charge in [0.05, 0.1) is 18.2 Å². The largest absolute Gasteiger partial charge is 0.371 e. The topological polar surface area (TPSA) is 58.6 Å². The molecule has 5 heteroatoms. The van der Waals surface area contributed by atoms with Crippen molar-refractivity contribution in [3.05, 3.63) is 0 Å². The lowest BCUT2D eigenvalue weighted by Crippen LogP contribution is -2.60. The van der Waals surface area contributed by atoms with E-state index in [4.69, 9.17) is 4.74 Å². The molecule has 2 fully saturated rings. The van der Waals surface area contributed by atoms with E-state index in [9.17, 15) is 9.59 Å². The van der Waals surface area contributed by atoms with Crippen LogP contribution in [0.25, 0.3) is 0 Å². The van der Waals surface area contributed by atoms with Crippen LogP contribution in [0.2, 0.25) is 0 Å². The predicted octanol–water partition coefficient (Wildman–Crippen LogP) is 0.927. The van der Waals surface area contributed by atoms with Crippen LogP contribution in [0, 0.1) is 5.92 Å². The number of hydrogen-bond acceptors (Lipinski definition) is 3. The SMILES string of the molecule is CC(C)C1NC(=O)CN(CC2CCC(C)(C)O2)C1=O. The maximum absolute atomic E-state index is 12.3. The zero-order valence-electron chi connectivity index (χ0n) is 12.2. The van der Waals surface area contributed by atoms with Crippen LogP contribution >= 0.6 is 0 Å². The molecule has 0 radical (unpaired) electrons. The van der Waals surface area contributed by atoms with Crippen molar-refractivity contribution in [3.63, 3.8) is 0 Å². The molecule has 0 aliphatic carbocycles. The van der Waals surface area contributed by atoms with Gasteiger partial charge in [-0.05, 0) is 32.6 Å². The van der Waals surface area contributed by atoms with E-state index < -0.39 is 6.04 Å². The van der Waals surface area contributed by atoms with Gasteiger partial charge in [0.2, 0.25) is 11.8 Å². The second kappa shape index (κ2) is 5.12. The summed E-state index contributed by atoms with van der Waals surface area (Å²) >= 11 is 0. The number of carbonyl (C=O) groups excluding carboxylic acids is 2. The molecule has 0 saturated carbocycles. The monoisotopic (exact) mass is 268 g/mol. The summed E-state index contributed by atoms with van der Waals surface area (Å²) in [6.45, 7) is 8.70. The summed E-state index contributed by atoms with van der Waals surface area (Å²) in [5.74, 6) is 0.0543. The van der Waals surface area contributed by atoms with Crippen LogP contribution in [-0.4, -0.2) is 47.6 Å². The Kier molecular flexibility index (Phi) is 3.85. The number of rotatable bonds is 3. The summed E-state index contributed by atoms with van der Waals surface area (Å²) in [5, 5.41) is 2.77. The summed E-state index contributed by atoms with van der Waals surface area (Å²) in [6, 6.07) is -0.393. The number of nitrogens with one attached hydrogen (secondary N) is 1. The first-order valence-corrected chi connectivity index (χ1v) is 7.04. The average molecular weight is 268 g/mol. The van der Waals surface area contributed by atoms with Crippen molar-refractivity contribution in [1.82, 2.24) is 10.2 Å². The van der Waals surface area contributed by atoms with E-state index in [0.717, 1.165) is 12.8 Å². The molecule has 2 amide bonds. The first-order chi connectivity index (χ1) is 8.78. The van der Waals surface area contributed by atoms with Crippen LogP contribution in [0.5, 0.6) is 0 Å². The molecule has 2 rings (SSSR count). The zero-order chi connectivity index (χ0) is 14.2. The fourth-order valence-electron chi connectivity index (χ4n) is 2.79. The Bertz CT molecular complexity index is 379. The van der Waals surface area contributed by atoms with Crippen LogP contribution < -0.4 is 5.32 Å². The number of amides is 2. The van der Waals surface area contributed by atoms with E-state index >= 15 is 0 Å². The number of piperazine rings is 1. The van der Waals surface area contributed by atoms with Crippen LogP contribution in [0.1, 0.15) is 40.5 Å². The summed E-state index contributed by atoms with van der Waals surface area (Å²) in [5.41, 5.74) is -0.108. The minimum Gasteiger partial charge on any atom is -0.371 e. The smallest absolute Gasteiger partial charge is 0.245 e. The Balaban J connectivity index is 1.99. The van der Waals surface area contributed by atoms with E-state index in [-0.39, 0.29) is 36.0 Å². The lowest BCUT2D eigenvalue weighted by Gasteiger charge is -2.35. The number of ether oxygens (including phenoxy) is 1. The summed E-state index contributed by atoms with van der Waals surface area (Å²) in [7, 11) is 0. The molecule has 2 aliphatic rings. The zero-order valence-corrected chi connectivity index (χ0v) is 12.2. The minimum atomic E-state index is -0.393. The normalized spacial score (nSPS) is 30.9. The van der Waals surface area contributed by atoms with Gasteiger partial charge in [-0.2, -0.15) is 0 Å². The lowest BCUT2D eigenvalue weighted by atomic mass is 10.00. The van der Waals surface area contributed by atoms with E-state index in [1.54, 1.807) is 4.90 Å². The molecule has 19 heavy (non-hydrogen) atoms. The van der Waals surface area contributed by atoms with E-state index in [1.807, 2.05) is 13.8 Å². The molecule has 0 aromatic heterocycles. The van der Waals surface area contributed by atoms with Crippen molar-refractivity contribution >= 4 is 11.8 Å². The van der Waals surface area contributed by atoms with Crippen LogP contribution in [-0.2, 0) is 14.3 Å². The Labute approximate surface area is 114 Å². The quantitative estimate of drug-likeness (QED) is 0.828. The highest BCUT2D eigenvalue weighted by Crippen LogP contribution is 2.30. The molecule has 0 aromatic carbocycles. The van der Waals surface area contributed by atoms with Gasteiger partial charge in [-0.1, -0.05) is 13.8 Å². The Morgan fingerprint density at radius 1 is 1.42 bits per heavy atom. The minimum absolute atomic E-state index is 0.0166. The van der Waals surface area contributed by atoms with Crippen molar-refractivity contribution in [2.24, 2.45) is 5.92 Å². The van der Waals surface area contributed by atoms with Gasteiger partial charge in [-0.15, -0.1) is 0 Å². The molecular weight excluding hydrogens is 244 g/mol. The molecule has 0 bridgehead atoms. The van der Waals surface area contributed by atoms with Gasteiger partial charge in [0.15, 0.2) is 0 Å². The molecule has 2 saturated heterocycles.